The van der Waals surface area contributed by atoms with Crippen molar-refractivity contribution in [1.29, 1.82) is 0 Å². The summed E-state index contributed by atoms with van der Waals surface area (Å²) in [7, 11) is 1.26. The molecule has 0 bridgehead atoms. The number of alkyl carbamates (subject to hydrolysis) is 1. The number of carbonyl (C=O) groups is 1. The van der Waals surface area contributed by atoms with E-state index >= 15 is 0 Å². The number of carbonyl (C=O) groups excluding carboxylic acids is 1. The largest absolute Gasteiger partial charge is 0.503 e. The van der Waals surface area contributed by atoms with Crippen LogP contribution in [0, 0.1) is 0 Å². The fourth-order valence-electron chi connectivity index (χ4n) is 1.75. The number of cyclic esters (lactones) is 1. The zero-order chi connectivity index (χ0) is 14.2. The molecule has 1 heterocycles. The van der Waals surface area contributed by atoms with Crippen LogP contribution in [0.5, 0.6) is 11.5 Å². The molecule has 0 aliphatic carbocycles. The van der Waals surface area contributed by atoms with Crippen LogP contribution in [0.25, 0.3) is 0 Å². The van der Waals surface area contributed by atoms with Crippen molar-refractivity contribution in [3.05, 3.63) is 22.7 Å². The van der Waals surface area contributed by atoms with Crippen LogP contribution in [0.4, 0.5) is 13.6 Å². The number of phenols is 1. The molecule has 104 valence electrons. The highest BCUT2D eigenvalue weighted by molar-refractivity contribution is 6.32. The molecule has 1 amide bonds. The third-order valence-corrected chi connectivity index (χ3v) is 2.97. The first kappa shape index (κ1) is 13.7. The van der Waals surface area contributed by atoms with Crippen LogP contribution in [0.3, 0.4) is 0 Å². The fraction of sp³-hybridized carbons (Fsp3) is 0.364. The number of phenolic OH excluding ortho intramolecular Hbond substituents is 1. The molecule has 1 saturated heterocycles. The van der Waals surface area contributed by atoms with E-state index in [4.69, 9.17) is 16.3 Å². The van der Waals surface area contributed by atoms with E-state index in [1.54, 1.807) is 0 Å². The summed E-state index contributed by atoms with van der Waals surface area (Å²) >= 11 is 5.73. The number of rotatable bonds is 2. The number of hydrogen-bond acceptors (Lipinski definition) is 4. The number of nitrogens with one attached hydrogen (secondary N) is 1. The van der Waals surface area contributed by atoms with Gasteiger partial charge >= 0.3 is 12.0 Å². The second kappa shape index (κ2) is 4.73. The van der Waals surface area contributed by atoms with Gasteiger partial charge < -0.3 is 19.9 Å². The first-order valence-corrected chi connectivity index (χ1v) is 5.60. The van der Waals surface area contributed by atoms with Crippen LogP contribution in [0.15, 0.2) is 12.1 Å². The lowest BCUT2D eigenvalue weighted by Gasteiger charge is -2.32. The van der Waals surface area contributed by atoms with E-state index < -0.39 is 24.7 Å². The molecule has 0 spiro atoms. The van der Waals surface area contributed by atoms with Crippen molar-refractivity contribution in [2.45, 2.75) is 12.0 Å². The normalized spacial score (nSPS) is 21.5. The van der Waals surface area contributed by atoms with E-state index in [-0.39, 0.29) is 22.1 Å². The number of halogens is 3. The van der Waals surface area contributed by atoms with Crippen molar-refractivity contribution < 1.29 is 28.2 Å². The smallest absolute Gasteiger partial charge is 0.408 e. The Morgan fingerprint density at radius 3 is 2.89 bits per heavy atom. The summed E-state index contributed by atoms with van der Waals surface area (Å²) < 4.78 is 36.5. The zero-order valence-corrected chi connectivity index (χ0v) is 10.5. The Balaban J connectivity index is 2.45. The van der Waals surface area contributed by atoms with Crippen LogP contribution in [0.1, 0.15) is 11.6 Å². The van der Waals surface area contributed by atoms with E-state index in [2.05, 4.69) is 4.74 Å². The Hall–Kier alpha value is -1.76. The maximum Gasteiger partial charge on any atom is 0.408 e. The number of amides is 1. The van der Waals surface area contributed by atoms with Gasteiger partial charge in [-0.25, -0.2) is 13.6 Å². The first-order valence-electron chi connectivity index (χ1n) is 5.22. The molecule has 5 nitrogen and oxygen atoms in total. The summed E-state index contributed by atoms with van der Waals surface area (Å²) in [4.78, 5) is 11.1. The molecule has 0 unspecified atom stereocenters. The van der Waals surface area contributed by atoms with Gasteiger partial charge in [0.2, 0.25) is 0 Å². The summed E-state index contributed by atoms with van der Waals surface area (Å²) in [5.41, 5.74) is 0.0151. The molecule has 2 N–H and O–H groups in total. The molecule has 1 aliphatic heterocycles. The third kappa shape index (κ3) is 2.51. The summed E-state index contributed by atoms with van der Waals surface area (Å²) in [5.74, 6) is -3.70. The molecule has 1 aromatic rings. The molecular weight excluding hydrogens is 284 g/mol. The Bertz CT molecular complexity index is 524. The van der Waals surface area contributed by atoms with Gasteiger partial charge in [-0.2, -0.15) is 0 Å². The number of benzene rings is 1. The molecule has 8 heteroatoms. The van der Waals surface area contributed by atoms with Crippen LogP contribution in [-0.4, -0.2) is 30.8 Å². The molecule has 1 aromatic carbocycles. The Morgan fingerprint density at radius 1 is 1.58 bits per heavy atom. The minimum atomic E-state index is -3.29. The lowest BCUT2D eigenvalue weighted by atomic mass is 9.99. The van der Waals surface area contributed by atoms with Crippen LogP contribution >= 0.6 is 11.6 Å². The highest BCUT2D eigenvalue weighted by atomic mass is 35.5. The van der Waals surface area contributed by atoms with Gasteiger partial charge in [-0.3, -0.25) is 0 Å². The maximum atomic E-state index is 13.7. The average molecular weight is 294 g/mol. The fourth-order valence-corrected chi connectivity index (χ4v) is 1.97. The van der Waals surface area contributed by atoms with Gasteiger partial charge in [0.1, 0.15) is 6.04 Å². The molecule has 2 rings (SSSR count). The van der Waals surface area contributed by atoms with E-state index in [0.29, 0.717) is 0 Å². The second-order valence-electron chi connectivity index (χ2n) is 3.97. The molecule has 1 atom stereocenters. The van der Waals surface area contributed by atoms with E-state index in [1.807, 2.05) is 5.32 Å². The number of alkyl halides is 2. The second-order valence-corrected chi connectivity index (χ2v) is 4.38. The molecule has 1 aliphatic rings. The van der Waals surface area contributed by atoms with Crippen molar-refractivity contribution in [3.8, 4) is 11.5 Å². The Labute approximate surface area is 112 Å². The zero-order valence-electron chi connectivity index (χ0n) is 9.75. The third-order valence-electron chi connectivity index (χ3n) is 2.68. The summed E-state index contributed by atoms with van der Waals surface area (Å²) in [6, 6.07) is 0.732. The minimum absolute atomic E-state index is 0.0151. The van der Waals surface area contributed by atoms with E-state index in [1.165, 1.54) is 13.2 Å². The maximum absolute atomic E-state index is 13.7. The first-order chi connectivity index (χ1) is 8.85. The van der Waals surface area contributed by atoms with Gasteiger partial charge in [0.25, 0.3) is 0 Å². The number of methoxy groups -OCH3 is 1. The molecule has 19 heavy (non-hydrogen) atoms. The predicted molar refractivity (Wildman–Crippen MR) is 61.8 cm³/mol. The number of hydrogen-bond donors (Lipinski definition) is 2. The standard InChI is InChI=1S/C11H10ClF2NO4/c1-18-7-3-5(2-6(12)8(7)16)9-11(13,14)4-19-10(17)15-9/h2-3,9,16H,4H2,1H3,(H,15,17)/t9-/m0/s1. The lowest BCUT2D eigenvalue weighted by Crippen LogP contribution is -2.49. The van der Waals surface area contributed by atoms with Crippen molar-refractivity contribution in [2.75, 3.05) is 13.7 Å². The topological polar surface area (TPSA) is 67.8 Å². The van der Waals surface area contributed by atoms with E-state index in [9.17, 15) is 18.7 Å². The Morgan fingerprint density at radius 2 is 2.26 bits per heavy atom. The van der Waals surface area contributed by atoms with Gasteiger partial charge in [-0.15, -0.1) is 0 Å². The molecule has 0 aromatic heterocycles. The highest BCUT2D eigenvalue weighted by Crippen LogP contribution is 2.41. The lowest BCUT2D eigenvalue weighted by molar-refractivity contribution is -0.104. The molecule has 0 saturated carbocycles. The van der Waals surface area contributed by atoms with Gasteiger partial charge in [-0.05, 0) is 17.7 Å². The van der Waals surface area contributed by atoms with Gasteiger partial charge in [0, 0.05) is 0 Å². The molecule has 1 fully saturated rings. The molecule has 0 radical (unpaired) electrons. The summed E-state index contributed by atoms with van der Waals surface area (Å²) in [6.45, 7) is -1.02. The van der Waals surface area contributed by atoms with Crippen LogP contribution in [0.2, 0.25) is 5.02 Å². The summed E-state index contributed by atoms with van der Waals surface area (Å²) in [6.07, 6.45) is -0.945. The van der Waals surface area contributed by atoms with Gasteiger partial charge in [-0.1, -0.05) is 11.6 Å². The number of ether oxygens (including phenoxy) is 2. The van der Waals surface area contributed by atoms with Crippen LogP contribution < -0.4 is 10.1 Å². The predicted octanol–water partition coefficient (Wildman–Crippen LogP) is 2.47. The average Bonchev–Trinajstić information content (AvgIpc) is 2.35. The highest BCUT2D eigenvalue weighted by Gasteiger charge is 2.47. The number of aromatic hydroxyl groups is 1. The SMILES string of the molecule is COc1cc([C@@H]2NC(=O)OCC2(F)F)cc(Cl)c1O. The summed E-state index contributed by atoms with van der Waals surface area (Å²) in [5, 5.41) is 11.4. The van der Waals surface area contributed by atoms with Crippen LogP contribution in [-0.2, 0) is 4.74 Å². The van der Waals surface area contributed by atoms with Crippen molar-refractivity contribution in [3.63, 3.8) is 0 Å². The van der Waals surface area contributed by atoms with E-state index in [0.717, 1.165) is 6.07 Å². The van der Waals surface area contributed by atoms with Crippen molar-refractivity contribution >= 4 is 17.7 Å². The van der Waals surface area contributed by atoms with Crippen molar-refractivity contribution in [1.82, 2.24) is 5.32 Å². The van der Waals surface area contributed by atoms with Crippen molar-refractivity contribution in [2.24, 2.45) is 0 Å². The van der Waals surface area contributed by atoms with Gasteiger partial charge in [0.15, 0.2) is 18.1 Å². The Kier molecular flexibility index (Phi) is 3.40. The minimum Gasteiger partial charge on any atom is -0.503 e. The molecular formula is C11H10ClF2NO4. The van der Waals surface area contributed by atoms with Gasteiger partial charge in [0.05, 0.1) is 12.1 Å². The monoisotopic (exact) mass is 293 g/mol. The quantitative estimate of drug-likeness (QED) is 0.879.